The Balaban J connectivity index is 2.03. The van der Waals surface area contributed by atoms with Gasteiger partial charge in [0.05, 0.1) is 11.2 Å². The lowest BCUT2D eigenvalue weighted by molar-refractivity contribution is 0.520. The highest BCUT2D eigenvalue weighted by molar-refractivity contribution is 7.89. The fraction of sp³-hybridized carbons (Fsp3) is 0.357. The fourth-order valence-electron chi connectivity index (χ4n) is 2.04. The molecule has 1 aromatic carbocycles. The minimum atomic E-state index is -3.51. The van der Waals surface area contributed by atoms with E-state index in [1.807, 2.05) is 18.4 Å². The number of rotatable bonds is 7. The molecule has 0 aliphatic heterocycles. The third-order valence-electron chi connectivity index (χ3n) is 2.95. The molecule has 2 rings (SSSR count). The molecule has 2 aromatic rings. The van der Waals surface area contributed by atoms with Gasteiger partial charge in [-0.25, -0.2) is 18.1 Å². The van der Waals surface area contributed by atoms with Crippen molar-refractivity contribution in [3.05, 3.63) is 43.0 Å². The standard InChI is InChI=1S/C14H20N4O2S/c1-3-16-13-4-6-14(7-5-13)21(19,20)17-12(2)10-18-9-8-15-11-18/h4-9,11-12,16-17H,3,10H2,1-2H3. The van der Waals surface area contributed by atoms with Crippen LogP contribution in [0, 0.1) is 0 Å². The largest absolute Gasteiger partial charge is 0.385 e. The quantitative estimate of drug-likeness (QED) is 0.816. The molecule has 0 fully saturated rings. The van der Waals surface area contributed by atoms with Crippen molar-refractivity contribution in [2.24, 2.45) is 0 Å². The van der Waals surface area contributed by atoms with Gasteiger partial charge in [0.2, 0.25) is 10.0 Å². The summed E-state index contributed by atoms with van der Waals surface area (Å²) in [4.78, 5) is 4.20. The molecule has 1 aromatic heterocycles. The Labute approximate surface area is 125 Å². The average molecular weight is 308 g/mol. The monoisotopic (exact) mass is 308 g/mol. The van der Waals surface area contributed by atoms with Crippen LogP contribution in [0.1, 0.15) is 13.8 Å². The van der Waals surface area contributed by atoms with E-state index >= 15 is 0 Å². The maximum Gasteiger partial charge on any atom is 0.240 e. The molecule has 0 saturated heterocycles. The molecule has 0 saturated carbocycles. The van der Waals surface area contributed by atoms with E-state index in [4.69, 9.17) is 0 Å². The van der Waals surface area contributed by atoms with E-state index in [-0.39, 0.29) is 10.9 Å². The summed E-state index contributed by atoms with van der Waals surface area (Å²) in [6.45, 7) is 5.15. The maximum absolute atomic E-state index is 12.3. The van der Waals surface area contributed by atoms with Gasteiger partial charge in [-0.3, -0.25) is 0 Å². The molecule has 114 valence electrons. The zero-order valence-electron chi connectivity index (χ0n) is 12.2. The van der Waals surface area contributed by atoms with Crippen LogP contribution in [0.4, 0.5) is 5.69 Å². The topological polar surface area (TPSA) is 76.0 Å². The lowest BCUT2D eigenvalue weighted by atomic mass is 10.3. The summed E-state index contributed by atoms with van der Waals surface area (Å²) in [5, 5.41) is 3.13. The van der Waals surface area contributed by atoms with Gasteiger partial charge in [0.25, 0.3) is 0 Å². The minimum absolute atomic E-state index is 0.224. The maximum atomic E-state index is 12.3. The molecule has 0 radical (unpaired) electrons. The van der Waals surface area contributed by atoms with E-state index in [0.717, 1.165) is 12.2 Å². The summed E-state index contributed by atoms with van der Waals surface area (Å²) in [6, 6.07) is 6.50. The van der Waals surface area contributed by atoms with Crippen LogP contribution in [0.3, 0.4) is 0 Å². The molecule has 1 atom stereocenters. The number of nitrogens with zero attached hydrogens (tertiary/aromatic N) is 2. The Morgan fingerprint density at radius 2 is 2.00 bits per heavy atom. The molecule has 21 heavy (non-hydrogen) atoms. The second-order valence-electron chi connectivity index (χ2n) is 4.84. The Kier molecular flexibility index (Phi) is 4.98. The molecule has 7 heteroatoms. The molecular formula is C14H20N4O2S. The highest BCUT2D eigenvalue weighted by Gasteiger charge is 2.17. The number of aromatic nitrogens is 2. The van der Waals surface area contributed by atoms with Crippen LogP contribution < -0.4 is 10.0 Å². The van der Waals surface area contributed by atoms with Gasteiger partial charge in [-0.05, 0) is 38.1 Å². The second kappa shape index (κ2) is 6.73. The van der Waals surface area contributed by atoms with Gasteiger partial charge in [-0.1, -0.05) is 0 Å². The van der Waals surface area contributed by atoms with Crippen LogP contribution in [0.15, 0.2) is 47.9 Å². The molecule has 0 spiro atoms. The highest BCUT2D eigenvalue weighted by Crippen LogP contribution is 2.14. The molecule has 0 amide bonds. The van der Waals surface area contributed by atoms with Crippen molar-refractivity contribution in [3.8, 4) is 0 Å². The van der Waals surface area contributed by atoms with Gasteiger partial charge < -0.3 is 9.88 Å². The summed E-state index contributed by atoms with van der Waals surface area (Å²) in [5.74, 6) is 0. The predicted octanol–water partition coefficient (Wildman–Crippen LogP) is 1.68. The summed E-state index contributed by atoms with van der Waals surface area (Å²) in [7, 11) is -3.51. The van der Waals surface area contributed by atoms with Crippen molar-refractivity contribution in [1.82, 2.24) is 14.3 Å². The van der Waals surface area contributed by atoms with Crippen LogP contribution in [0.5, 0.6) is 0 Å². The van der Waals surface area contributed by atoms with Crippen LogP contribution in [-0.4, -0.2) is 30.6 Å². The number of nitrogens with one attached hydrogen (secondary N) is 2. The van der Waals surface area contributed by atoms with Crippen molar-refractivity contribution in [3.63, 3.8) is 0 Å². The summed E-state index contributed by atoms with van der Waals surface area (Å²) < 4.78 is 29.1. The first kappa shape index (κ1) is 15.5. The highest BCUT2D eigenvalue weighted by atomic mass is 32.2. The molecule has 0 aliphatic rings. The number of hydrogen-bond donors (Lipinski definition) is 2. The molecular weight excluding hydrogens is 288 g/mol. The first-order valence-corrected chi connectivity index (χ1v) is 8.31. The Morgan fingerprint density at radius 1 is 1.29 bits per heavy atom. The first-order chi connectivity index (χ1) is 10.0. The van der Waals surface area contributed by atoms with Gasteiger partial charge in [0.15, 0.2) is 0 Å². The number of sulfonamides is 1. The normalized spacial score (nSPS) is 13.0. The lowest BCUT2D eigenvalue weighted by Gasteiger charge is -2.15. The molecule has 2 N–H and O–H groups in total. The first-order valence-electron chi connectivity index (χ1n) is 6.83. The number of benzene rings is 1. The SMILES string of the molecule is CCNc1ccc(S(=O)(=O)NC(C)Cn2ccnc2)cc1. The zero-order chi connectivity index (χ0) is 15.3. The molecule has 6 nitrogen and oxygen atoms in total. The summed E-state index contributed by atoms with van der Waals surface area (Å²) in [6.07, 6.45) is 5.13. The van der Waals surface area contributed by atoms with Crippen molar-refractivity contribution >= 4 is 15.7 Å². The summed E-state index contributed by atoms with van der Waals surface area (Å²) in [5.41, 5.74) is 0.905. The van der Waals surface area contributed by atoms with Crippen molar-refractivity contribution in [1.29, 1.82) is 0 Å². The lowest BCUT2D eigenvalue weighted by Crippen LogP contribution is -2.35. The van der Waals surface area contributed by atoms with E-state index in [2.05, 4.69) is 15.0 Å². The molecule has 1 unspecified atom stereocenters. The second-order valence-corrected chi connectivity index (χ2v) is 6.55. The Bertz CT molecular complexity index is 651. The third kappa shape index (κ3) is 4.30. The van der Waals surface area contributed by atoms with Crippen LogP contribution in [0.2, 0.25) is 0 Å². The number of anilines is 1. The van der Waals surface area contributed by atoms with Crippen LogP contribution in [0.25, 0.3) is 0 Å². The summed E-state index contributed by atoms with van der Waals surface area (Å²) >= 11 is 0. The van der Waals surface area contributed by atoms with E-state index in [1.54, 1.807) is 43.0 Å². The van der Waals surface area contributed by atoms with Crippen molar-refractivity contribution < 1.29 is 8.42 Å². The van der Waals surface area contributed by atoms with Gasteiger partial charge in [0, 0.05) is 37.2 Å². The predicted molar refractivity (Wildman–Crippen MR) is 82.6 cm³/mol. The van der Waals surface area contributed by atoms with Crippen molar-refractivity contribution in [2.75, 3.05) is 11.9 Å². The zero-order valence-corrected chi connectivity index (χ0v) is 13.0. The smallest absolute Gasteiger partial charge is 0.240 e. The van der Waals surface area contributed by atoms with E-state index < -0.39 is 10.0 Å². The average Bonchev–Trinajstić information content (AvgIpc) is 2.92. The number of imidazole rings is 1. The molecule has 0 aliphatic carbocycles. The van der Waals surface area contributed by atoms with Crippen molar-refractivity contribution in [2.45, 2.75) is 31.3 Å². The van der Waals surface area contributed by atoms with Gasteiger partial charge >= 0.3 is 0 Å². The van der Waals surface area contributed by atoms with E-state index in [0.29, 0.717) is 6.54 Å². The molecule has 0 bridgehead atoms. The van der Waals surface area contributed by atoms with Crippen LogP contribution in [-0.2, 0) is 16.6 Å². The van der Waals surface area contributed by atoms with Gasteiger partial charge in [-0.15, -0.1) is 0 Å². The Morgan fingerprint density at radius 3 is 2.57 bits per heavy atom. The fourth-order valence-corrected chi connectivity index (χ4v) is 3.27. The van der Waals surface area contributed by atoms with Crippen LogP contribution >= 0.6 is 0 Å². The van der Waals surface area contributed by atoms with Gasteiger partial charge in [0.1, 0.15) is 0 Å². The molecule has 1 heterocycles. The number of hydrogen-bond acceptors (Lipinski definition) is 4. The third-order valence-corrected chi connectivity index (χ3v) is 4.55. The minimum Gasteiger partial charge on any atom is -0.385 e. The van der Waals surface area contributed by atoms with E-state index in [9.17, 15) is 8.42 Å². The Hall–Kier alpha value is -1.86. The van der Waals surface area contributed by atoms with E-state index in [1.165, 1.54) is 0 Å². The van der Waals surface area contributed by atoms with Gasteiger partial charge in [-0.2, -0.15) is 0 Å².